The molecule has 1 amide bonds. The van der Waals surface area contributed by atoms with Crippen molar-refractivity contribution in [1.29, 1.82) is 0 Å². The number of halogens is 2. The lowest BCUT2D eigenvalue weighted by Gasteiger charge is -2.33. The number of nitrogens with zero attached hydrogens (tertiary/aromatic N) is 1. The number of rotatable bonds is 7. The number of nitrogens with one attached hydrogen (secondary N) is 1. The van der Waals surface area contributed by atoms with Crippen LogP contribution in [0.3, 0.4) is 0 Å². The fourth-order valence-electron chi connectivity index (χ4n) is 2.83. The summed E-state index contributed by atoms with van der Waals surface area (Å²) in [4.78, 5) is 12.5. The number of carbonyl (C=O) groups is 1. The van der Waals surface area contributed by atoms with Crippen molar-refractivity contribution in [2.45, 2.75) is 11.9 Å². The maximum atomic E-state index is 12.5. The molecule has 1 N–H and O–H groups in total. The van der Waals surface area contributed by atoms with Crippen LogP contribution in [-0.2, 0) is 20.6 Å². The molecule has 0 saturated heterocycles. The van der Waals surface area contributed by atoms with Gasteiger partial charge < -0.3 is 10.1 Å². The third-order valence-electron chi connectivity index (χ3n) is 4.23. The molecule has 0 spiro atoms. The lowest BCUT2D eigenvalue weighted by atomic mass is 10.2. The van der Waals surface area contributed by atoms with Crippen molar-refractivity contribution >= 4 is 56.6 Å². The molecule has 0 aliphatic carbocycles. The van der Waals surface area contributed by atoms with Gasteiger partial charge in [-0.1, -0.05) is 41.4 Å². The first-order valence-electron chi connectivity index (χ1n) is 8.78. The van der Waals surface area contributed by atoms with Gasteiger partial charge in [-0.25, -0.2) is 8.42 Å². The van der Waals surface area contributed by atoms with E-state index in [2.05, 4.69) is 5.32 Å². The van der Waals surface area contributed by atoms with E-state index in [1.165, 1.54) is 4.31 Å². The monoisotopic (exact) mass is 474 g/mol. The number of hydrogen-bond acceptors (Lipinski definition) is 5. The first-order chi connectivity index (χ1) is 13.8. The number of amides is 1. The number of fused-ring (bicyclic) bond motifs is 1. The number of ether oxygens (including phenoxy) is 1. The highest BCUT2D eigenvalue weighted by Crippen LogP contribution is 2.34. The van der Waals surface area contributed by atoms with Crippen LogP contribution in [0.25, 0.3) is 0 Å². The van der Waals surface area contributed by atoms with Gasteiger partial charge in [-0.05, 0) is 29.8 Å². The predicted octanol–water partition coefficient (Wildman–Crippen LogP) is 3.57. The van der Waals surface area contributed by atoms with E-state index in [1.54, 1.807) is 42.1 Å². The highest BCUT2D eigenvalue weighted by molar-refractivity contribution is 7.98. The summed E-state index contributed by atoms with van der Waals surface area (Å²) in [6, 6.07) is 12.3. The summed E-state index contributed by atoms with van der Waals surface area (Å²) in [5.41, 5.74) is 1.49. The average molecular weight is 475 g/mol. The zero-order valence-electron chi connectivity index (χ0n) is 15.6. The number of benzene rings is 2. The van der Waals surface area contributed by atoms with Crippen LogP contribution in [-0.4, -0.2) is 45.5 Å². The number of para-hydroxylation sites is 2. The minimum Gasteiger partial charge on any atom is -0.476 e. The SMILES string of the molecule is CS(=O)(=O)N1C[C@H](C(=O)NCCSCc2ccc(Cl)c(Cl)c2)Oc2ccccc21. The van der Waals surface area contributed by atoms with Crippen LogP contribution in [0.5, 0.6) is 5.75 Å². The van der Waals surface area contributed by atoms with Crippen molar-refractivity contribution in [3.05, 3.63) is 58.1 Å². The van der Waals surface area contributed by atoms with E-state index in [0.29, 0.717) is 33.8 Å². The minimum atomic E-state index is -3.52. The van der Waals surface area contributed by atoms with Gasteiger partial charge >= 0.3 is 0 Å². The van der Waals surface area contributed by atoms with E-state index in [4.69, 9.17) is 27.9 Å². The van der Waals surface area contributed by atoms with Crippen molar-refractivity contribution in [1.82, 2.24) is 5.32 Å². The summed E-state index contributed by atoms with van der Waals surface area (Å²) in [5.74, 6) is 1.45. The van der Waals surface area contributed by atoms with Crippen molar-refractivity contribution in [3.63, 3.8) is 0 Å². The maximum absolute atomic E-state index is 12.5. The normalized spacial score (nSPS) is 16.1. The molecule has 0 fully saturated rings. The molecule has 10 heteroatoms. The van der Waals surface area contributed by atoms with E-state index in [-0.39, 0.29) is 12.5 Å². The van der Waals surface area contributed by atoms with Gasteiger partial charge in [0.05, 0.1) is 28.5 Å². The summed E-state index contributed by atoms with van der Waals surface area (Å²) < 4.78 is 31.1. The second kappa shape index (κ2) is 9.47. The van der Waals surface area contributed by atoms with Gasteiger partial charge in [-0.15, -0.1) is 0 Å². The van der Waals surface area contributed by atoms with E-state index < -0.39 is 16.1 Å². The standard InChI is InChI=1S/C19H20Cl2N2O4S2/c1-29(25,26)23-11-18(27-17-5-3-2-4-16(17)23)19(24)22-8-9-28-12-13-6-7-14(20)15(21)10-13/h2-7,10,18H,8-9,11-12H2,1H3,(H,22,24)/t18-/m1/s1. The van der Waals surface area contributed by atoms with Crippen molar-refractivity contribution < 1.29 is 17.9 Å². The molecule has 1 aliphatic heterocycles. The Morgan fingerprint density at radius 1 is 1.24 bits per heavy atom. The van der Waals surface area contributed by atoms with Crippen molar-refractivity contribution in [2.75, 3.05) is 29.4 Å². The number of sulfonamides is 1. The Morgan fingerprint density at radius 2 is 2.00 bits per heavy atom. The Hall–Kier alpha value is -1.61. The number of thioether (sulfide) groups is 1. The fourth-order valence-corrected chi connectivity index (χ4v) is 4.87. The van der Waals surface area contributed by atoms with Gasteiger partial charge in [-0.3, -0.25) is 9.10 Å². The number of anilines is 1. The average Bonchev–Trinajstić information content (AvgIpc) is 2.68. The van der Waals surface area contributed by atoms with Gasteiger partial charge in [-0.2, -0.15) is 11.8 Å². The maximum Gasteiger partial charge on any atom is 0.263 e. The number of hydrogen-bond donors (Lipinski definition) is 1. The topological polar surface area (TPSA) is 75.7 Å². The first-order valence-corrected chi connectivity index (χ1v) is 12.5. The van der Waals surface area contributed by atoms with E-state index in [0.717, 1.165) is 17.6 Å². The zero-order valence-corrected chi connectivity index (χ0v) is 18.7. The van der Waals surface area contributed by atoms with Crippen molar-refractivity contribution in [2.24, 2.45) is 0 Å². The molecular formula is C19H20Cl2N2O4S2. The molecule has 29 heavy (non-hydrogen) atoms. The van der Waals surface area contributed by atoms with Gasteiger partial charge in [0, 0.05) is 18.1 Å². The Kier molecular flexibility index (Phi) is 7.21. The highest BCUT2D eigenvalue weighted by atomic mass is 35.5. The summed E-state index contributed by atoms with van der Waals surface area (Å²) in [5, 5.41) is 3.84. The minimum absolute atomic E-state index is 0.0574. The zero-order chi connectivity index (χ0) is 21.0. The molecule has 2 aromatic carbocycles. The van der Waals surface area contributed by atoms with Crippen LogP contribution in [0.1, 0.15) is 5.56 Å². The van der Waals surface area contributed by atoms with Crippen LogP contribution in [0, 0.1) is 0 Å². The molecule has 3 rings (SSSR count). The summed E-state index contributed by atoms with van der Waals surface area (Å²) in [7, 11) is -3.52. The molecule has 0 unspecified atom stereocenters. The van der Waals surface area contributed by atoms with Gasteiger partial charge in [0.1, 0.15) is 5.75 Å². The van der Waals surface area contributed by atoms with E-state index in [1.807, 2.05) is 12.1 Å². The molecule has 2 aromatic rings. The van der Waals surface area contributed by atoms with Gasteiger partial charge in [0.2, 0.25) is 10.0 Å². The molecule has 0 aromatic heterocycles. The molecule has 6 nitrogen and oxygen atoms in total. The first kappa shape index (κ1) is 22.1. The molecule has 1 aliphatic rings. The molecule has 1 atom stereocenters. The third kappa shape index (κ3) is 5.72. The van der Waals surface area contributed by atoms with Crippen LogP contribution in [0.15, 0.2) is 42.5 Å². The predicted molar refractivity (Wildman–Crippen MR) is 119 cm³/mol. The summed E-state index contributed by atoms with van der Waals surface area (Å²) >= 11 is 13.5. The number of carbonyl (C=O) groups excluding carboxylic acids is 1. The van der Waals surface area contributed by atoms with Crippen LogP contribution in [0.4, 0.5) is 5.69 Å². The molecule has 0 bridgehead atoms. The van der Waals surface area contributed by atoms with E-state index >= 15 is 0 Å². The lowest BCUT2D eigenvalue weighted by molar-refractivity contribution is -0.127. The summed E-state index contributed by atoms with van der Waals surface area (Å²) in [6.45, 7) is 0.378. The largest absolute Gasteiger partial charge is 0.476 e. The van der Waals surface area contributed by atoms with Gasteiger partial charge in [0.25, 0.3) is 5.91 Å². The highest BCUT2D eigenvalue weighted by Gasteiger charge is 2.34. The Balaban J connectivity index is 1.51. The summed E-state index contributed by atoms with van der Waals surface area (Å²) in [6.07, 6.45) is 0.212. The van der Waals surface area contributed by atoms with E-state index in [9.17, 15) is 13.2 Å². The Morgan fingerprint density at radius 3 is 2.72 bits per heavy atom. The lowest BCUT2D eigenvalue weighted by Crippen LogP contribution is -2.50. The Bertz CT molecular complexity index is 1000. The quantitative estimate of drug-likeness (QED) is 0.620. The third-order valence-corrected chi connectivity index (χ3v) is 7.14. The molecule has 0 saturated carbocycles. The fraction of sp³-hybridized carbons (Fsp3) is 0.316. The molecule has 1 heterocycles. The second-order valence-corrected chi connectivity index (χ2v) is 10.3. The molecule has 0 radical (unpaired) electrons. The van der Waals surface area contributed by atoms with Crippen LogP contribution in [0.2, 0.25) is 10.0 Å². The molecule has 156 valence electrons. The van der Waals surface area contributed by atoms with Gasteiger partial charge in [0.15, 0.2) is 6.10 Å². The smallest absolute Gasteiger partial charge is 0.263 e. The Labute approximate surface area is 184 Å². The van der Waals surface area contributed by atoms with Crippen LogP contribution >= 0.6 is 35.0 Å². The van der Waals surface area contributed by atoms with Crippen molar-refractivity contribution in [3.8, 4) is 5.75 Å². The second-order valence-electron chi connectivity index (χ2n) is 6.46. The molecular weight excluding hydrogens is 455 g/mol. The van der Waals surface area contributed by atoms with Crippen LogP contribution < -0.4 is 14.4 Å².